The predicted octanol–water partition coefficient (Wildman–Crippen LogP) is 4.93. The van der Waals surface area contributed by atoms with E-state index in [1.54, 1.807) is 24.3 Å². The molecule has 0 aliphatic heterocycles. The van der Waals surface area contributed by atoms with E-state index in [0.29, 0.717) is 12.0 Å². The van der Waals surface area contributed by atoms with Crippen molar-refractivity contribution in [3.05, 3.63) is 35.9 Å². The summed E-state index contributed by atoms with van der Waals surface area (Å²) in [5, 5.41) is -0.893. The van der Waals surface area contributed by atoms with Gasteiger partial charge < -0.3 is 4.55 Å². The van der Waals surface area contributed by atoms with E-state index < -0.39 is 15.4 Å². The summed E-state index contributed by atoms with van der Waals surface area (Å²) in [5.74, 6) is 0. The first-order valence-corrected chi connectivity index (χ1v) is 13.5. The van der Waals surface area contributed by atoms with Crippen LogP contribution in [-0.4, -0.2) is 13.0 Å². The van der Waals surface area contributed by atoms with Crippen LogP contribution in [0.25, 0.3) is 0 Å². The van der Waals surface area contributed by atoms with Crippen LogP contribution in [0.2, 0.25) is 0 Å². The van der Waals surface area contributed by atoms with Crippen molar-refractivity contribution in [2.45, 2.75) is 121 Å². The Balaban J connectivity index is 0.00000841. The second kappa shape index (κ2) is 19.8. The van der Waals surface area contributed by atoms with Crippen LogP contribution < -0.4 is 29.6 Å². The summed E-state index contributed by atoms with van der Waals surface area (Å²) in [6.45, 7) is 2.27. The van der Waals surface area contributed by atoms with Gasteiger partial charge in [0.15, 0.2) is 0 Å². The van der Waals surface area contributed by atoms with Gasteiger partial charge in [-0.3, -0.25) is 0 Å². The Morgan fingerprint density at radius 3 is 1.40 bits per heavy atom. The number of hydrogen-bond acceptors (Lipinski definition) is 3. The standard InChI is InChI=1S/C25H44O3S.Na/c1-2-3-4-5-6-7-8-9-10-11-12-13-14-15-16-20-23-25(29(26,27)28)24-21-18-17-19-22-24;/h17-19,21-22,25H,2-16,20,23H2,1H3,(H,26,27,28);/q;+1/p-1. The molecule has 0 aromatic heterocycles. The van der Waals surface area contributed by atoms with Crippen LogP contribution in [0.3, 0.4) is 0 Å². The third-order valence-corrected chi connectivity index (χ3v) is 7.04. The molecule has 1 rings (SSSR count). The first-order chi connectivity index (χ1) is 14.1. The van der Waals surface area contributed by atoms with Crippen molar-refractivity contribution in [2.24, 2.45) is 0 Å². The van der Waals surface area contributed by atoms with Crippen LogP contribution in [0.1, 0.15) is 127 Å². The van der Waals surface area contributed by atoms with Gasteiger partial charge in [0.2, 0.25) is 0 Å². The van der Waals surface area contributed by atoms with Crippen molar-refractivity contribution in [1.82, 2.24) is 0 Å². The maximum absolute atomic E-state index is 11.6. The van der Waals surface area contributed by atoms with E-state index in [1.807, 2.05) is 6.07 Å². The molecular weight excluding hydrogens is 403 g/mol. The molecular formula is C25H43NaO3S. The minimum absolute atomic E-state index is 0. The molecule has 1 unspecified atom stereocenters. The molecule has 0 radical (unpaired) electrons. The molecule has 1 aromatic rings. The van der Waals surface area contributed by atoms with Gasteiger partial charge in [-0.15, -0.1) is 0 Å². The van der Waals surface area contributed by atoms with Gasteiger partial charge in [-0.1, -0.05) is 140 Å². The molecule has 0 N–H and O–H groups in total. The molecule has 30 heavy (non-hydrogen) atoms. The van der Waals surface area contributed by atoms with Gasteiger partial charge >= 0.3 is 29.6 Å². The Hall–Kier alpha value is 0.130. The predicted molar refractivity (Wildman–Crippen MR) is 123 cm³/mol. The van der Waals surface area contributed by atoms with E-state index in [9.17, 15) is 13.0 Å². The summed E-state index contributed by atoms with van der Waals surface area (Å²) >= 11 is 0. The minimum atomic E-state index is -4.29. The Kier molecular flexibility index (Phi) is 19.9. The molecule has 1 atom stereocenters. The summed E-state index contributed by atoms with van der Waals surface area (Å²) in [6.07, 6.45) is 21.1. The molecule has 168 valence electrons. The van der Waals surface area contributed by atoms with Crippen LogP contribution in [0.4, 0.5) is 0 Å². The number of benzene rings is 1. The van der Waals surface area contributed by atoms with E-state index in [-0.39, 0.29) is 29.6 Å². The fourth-order valence-corrected chi connectivity index (χ4v) is 4.97. The van der Waals surface area contributed by atoms with E-state index in [1.165, 1.54) is 83.5 Å². The van der Waals surface area contributed by atoms with Crippen molar-refractivity contribution in [2.75, 3.05) is 0 Å². The van der Waals surface area contributed by atoms with E-state index >= 15 is 0 Å². The number of rotatable bonds is 19. The molecule has 0 heterocycles. The summed E-state index contributed by atoms with van der Waals surface area (Å²) < 4.78 is 34.7. The van der Waals surface area contributed by atoms with Crippen molar-refractivity contribution in [3.63, 3.8) is 0 Å². The molecule has 0 fully saturated rings. The zero-order valence-corrected chi connectivity index (χ0v) is 22.4. The van der Waals surface area contributed by atoms with Gasteiger partial charge in [0.05, 0.1) is 5.25 Å². The SMILES string of the molecule is CCCCCCCCCCCCCCCCCCC(c1ccccc1)S(=O)(=O)[O-].[Na+]. The van der Waals surface area contributed by atoms with Crippen molar-refractivity contribution in [3.8, 4) is 0 Å². The van der Waals surface area contributed by atoms with Gasteiger partial charge in [-0.05, 0) is 12.0 Å². The quantitative estimate of drug-likeness (QED) is 0.172. The van der Waals surface area contributed by atoms with Crippen LogP contribution in [-0.2, 0) is 10.1 Å². The zero-order valence-electron chi connectivity index (χ0n) is 19.6. The van der Waals surface area contributed by atoms with Crippen LogP contribution in [0.5, 0.6) is 0 Å². The largest absolute Gasteiger partial charge is 1.00 e. The van der Waals surface area contributed by atoms with Gasteiger partial charge in [-0.25, -0.2) is 8.42 Å². The third kappa shape index (κ3) is 15.9. The second-order valence-corrected chi connectivity index (χ2v) is 10.0. The molecule has 0 bridgehead atoms. The van der Waals surface area contributed by atoms with Crippen molar-refractivity contribution < 1.29 is 42.5 Å². The van der Waals surface area contributed by atoms with Crippen molar-refractivity contribution >= 4 is 10.1 Å². The van der Waals surface area contributed by atoms with E-state index in [4.69, 9.17) is 0 Å². The Labute approximate surface area is 208 Å². The topological polar surface area (TPSA) is 57.2 Å². The molecule has 0 saturated carbocycles. The monoisotopic (exact) mass is 446 g/mol. The van der Waals surface area contributed by atoms with E-state index in [0.717, 1.165) is 19.3 Å². The average Bonchev–Trinajstić information content (AvgIpc) is 2.70. The molecule has 0 spiro atoms. The summed E-state index contributed by atoms with van der Waals surface area (Å²) in [6, 6.07) is 8.91. The van der Waals surface area contributed by atoms with Gasteiger partial charge in [0.25, 0.3) is 0 Å². The summed E-state index contributed by atoms with van der Waals surface area (Å²) in [4.78, 5) is 0. The normalized spacial score (nSPS) is 12.5. The van der Waals surface area contributed by atoms with Gasteiger partial charge in [-0.2, -0.15) is 0 Å². The first kappa shape index (κ1) is 30.1. The Morgan fingerprint density at radius 1 is 0.667 bits per heavy atom. The zero-order chi connectivity index (χ0) is 21.2. The first-order valence-electron chi connectivity index (χ1n) is 12.1. The number of hydrogen-bond donors (Lipinski definition) is 0. The molecule has 0 aliphatic rings. The molecule has 0 aliphatic carbocycles. The minimum Gasteiger partial charge on any atom is -0.747 e. The maximum Gasteiger partial charge on any atom is 1.00 e. The van der Waals surface area contributed by atoms with Gasteiger partial charge in [0.1, 0.15) is 10.1 Å². The Morgan fingerprint density at radius 2 is 1.03 bits per heavy atom. The van der Waals surface area contributed by atoms with Crippen LogP contribution >= 0.6 is 0 Å². The van der Waals surface area contributed by atoms with Gasteiger partial charge in [0, 0.05) is 0 Å². The third-order valence-electron chi connectivity index (χ3n) is 5.84. The maximum atomic E-state index is 11.6. The fourth-order valence-electron chi connectivity index (χ4n) is 4.02. The van der Waals surface area contributed by atoms with Crippen molar-refractivity contribution in [1.29, 1.82) is 0 Å². The summed E-state index contributed by atoms with van der Waals surface area (Å²) in [7, 11) is -4.29. The molecule has 0 saturated heterocycles. The average molecular weight is 447 g/mol. The molecule has 3 nitrogen and oxygen atoms in total. The van der Waals surface area contributed by atoms with Crippen LogP contribution in [0.15, 0.2) is 30.3 Å². The smallest absolute Gasteiger partial charge is 0.747 e. The Bertz CT molecular complexity index is 590. The molecule has 1 aromatic carbocycles. The van der Waals surface area contributed by atoms with E-state index in [2.05, 4.69) is 6.92 Å². The number of unbranched alkanes of at least 4 members (excludes halogenated alkanes) is 15. The summed E-state index contributed by atoms with van der Waals surface area (Å²) in [5.41, 5.74) is 0.628. The van der Waals surface area contributed by atoms with Crippen LogP contribution in [0, 0.1) is 0 Å². The molecule has 5 heteroatoms. The second-order valence-electron chi connectivity index (χ2n) is 8.48. The molecule has 0 amide bonds. The fraction of sp³-hybridized carbons (Fsp3) is 0.760.